The fourth-order valence-electron chi connectivity index (χ4n) is 2.29. The summed E-state index contributed by atoms with van der Waals surface area (Å²) in [7, 11) is -3.32. The van der Waals surface area contributed by atoms with E-state index in [0.29, 0.717) is 23.2 Å². The number of hydrogen-bond acceptors (Lipinski definition) is 4. The lowest BCUT2D eigenvalue weighted by molar-refractivity contribution is 0.475. The number of nitrogens with zero attached hydrogens (tertiary/aromatic N) is 1. The monoisotopic (exact) mass is 377 g/mol. The van der Waals surface area contributed by atoms with Gasteiger partial charge in [0.2, 0.25) is 0 Å². The Labute approximate surface area is 129 Å². The standard InChI is InChI=1S/C12H12BrNO2S3/c13-11-1-2-12(18-11)19(15,16)14-5-3-9(7-14)10-4-6-17-8-10/h1-2,4,6,8-9H,3,5,7H2. The zero-order valence-electron chi connectivity index (χ0n) is 9.95. The summed E-state index contributed by atoms with van der Waals surface area (Å²) in [6.45, 7) is 1.20. The highest BCUT2D eigenvalue weighted by Gasteiger charge is 2.34. The molecule has 102 valence electrons. The van der Waals surface area contributed by atoms with Crippen LogP contribution in [0.5, 0.6) is 0 Å². The van der Waals surface area contributed by atoms with Crippen LogP contribution in [0.4, 0.5) is 0 Å². The van der Waals surface area contributed by atoms with Gasteiger partial charge >= 0.3 is 0 Å². The summed E-state index contributed by atoms with van der Waals surface area (Å²) in [6, 6.07) is 5.54. The van der Waals surface area contributed by atoms with Crippen molar-refractivity contribution in [2.75, 3.05) is 13.1 Å². The molecule has 7 heteroatoms. The van der Waals surface area contributed by atoms with Gasteiger partial charge in [0.05, 0.1) is 3.79 Å². The van der Waals surface area contributed by atoms with Crippen LogP contribution in [0, 0.1) is 0 Å². The molecule has 1 aliphatic rings. The predicted octanol–water partition coefficient (Wildman–Crippen LogP) is 3.75. The third-order valence-electron chi connectivity index (χ3n) is 3.31. The lowest BCUT2D eigenvalue weighted by atomic mass is 10.0. The number of halogens is 1. The van der Waals surface area contributed by atoms with E-state index in [1.54, 1.807) is 27.8 Å². The van der Waals surface area contributed by atoms with Gasteiger partial charge in [-0.05, 0) is 62.8 Å². The van der Waals surface area contributed by atoms with Crippen molar-refractivity contribution in [3.05, 3.63) is 38.3 Å². The van der Waals surface area contributed by atoms with Crippen molar-refractivity contribution in [3.8, 4) is 0 Å². The van der Waals surface area contributed by atoms with E-state index in [4.69, 9.17) is 0 Å². The second-order valence-electron chi connectivity index (χ2n) is 4.46. The molecule has 2 aromatic heterocycles. The van der Waals surface area contributed by atoms with E-state index in [0.717, 1.165) is 10.2 Å². The van der Waals surface area contributed by atoms with Gasteiger partial charge in [-0.1, -0.05) is 0 Å². The summed E-state index contributed by atoms with van der Waals surface area (Å²) < 4.78 is 27.8. The summed E-state index contributed by atoms with van der Waals surface area (Å²) in [6.07, 6.45) is 0.905. The molecule has 0 spiro atoms. The van der Waals surface area contributed by atoms with Crippen LogP contribution in [-0.4, -0.2) is 25.8 Å². The van der Waals surface area contributed by atoms with E-state index in [1.807, 2.05) is 5.38 Å². The molecule has 0 aliphatic carbocycles. The van der Waals surface area contributed by atoms with E-state index in [9.17, 15) is 8.42 Å². The minimum Gasteiger partial charge on any atom is -0.206 e. The molecule has 1 atom stereocenters. The Hall–Kier alpha value is -0.210. The van der Waals surface area contributed by atoms with Gasteiger partial charge < -0.3 is 0 Å². The predicted molar refractivity (Wildman–Crippen MR) is 82.5 cm³/mol. The molecule has 3 nitrogen and oxygen atoms in total. The van der Waals surface area contributed by atoms with Gasteiger partial charge in [-0.2, -0.15) is 15.6 Å². The van der Waals surface area contributed by atoms with Gasteiger partial charge in [-0.15, -0.1) is 11.3 Å². The summed E-state index contributed by atoms with van der Waals surface area (Å²) in [5.41, 5.74) is 1.26. The second kappa shape index (κ2) is 5.29. The van der Waals surface area contributed by atoms with Crippen molar-refractivity contribution < 1.29 is 8.42 Å². The van der Waals surface area contributed by atoms with Gasteiger partial charge in [-0.25, -0.2) is 8.42 Å². The summed E-state index contributed by atoms with van der Waals surface area (Å²) in [5, 5.41) is 4.16. The van der Waals surface area contributed by atoms with Crippen molar-refractivity contribution in [3.63, 3.8) is 0 Å². The fraction of sp³-hybridized carbons (Fsp3) is 0.333. The Morgan fingerprint density at radius 3 is 2.79 bits per heavy atom. The van der Waals surface area contributed by atoms with Crippen LogP contribution in [-0.2, 0) is 10.0 Å². The largest absolute Gasteiger partial charge is 0.252 e. The average molecular weight is 378 g/mol. The first-order valence-electron chi connectivity index (χ1n) is 5.85. The van der Waals surface area contributed by atoms with Gasteiger partial charge in [0, 0.05) is 13.1 Å². The molecule has 0 bridgehead atoms. The van der Waals surface area contributed by atoms with Crippen molar-refractivity contribution in [2.24, 2.45) is 0 Å². The fourth-order valence-corrected chi connectivity index (χ4v) is 6.70. The maximum Gasteiger partial charge on any atom is 0.252 e. The first-order valence-corrected chi connectivity index (χ1v) is 9.84. The van der Waals surface area contributed by atoms with Crippen LogP contribution in [0.2, 0.25) is 0 Å². The van der Waals surface area contributed by atoms with Crippen molar-refractivity contribution in [1.29, 1.82) is 0 Å². The summed E-state index contributed by atoms with van der Waals surface area (Å²) in [5.74, 6) is 0.337. The minimum atomic E-state index is -3.32. The molecule has 0 amide bonds. The smallest absolute Gasteiger partial charge is 0.206 e. The highest BCUT2D eigenvalue weighted by molar-refractivity contribution is 9.11. The molecule has 1 saturated heterocycles. The molecule has 2 aromatic rings. The Balaban J connectivity index is 1.81. The van der Waals surface area contributed by atoms with E-state index in [-0.39, 0.29) is 0 Å². The molecule has 19 heavy (non-hydrogen) atoms. The number of thiophene rings is 2. The Bertz CT molecular complexity index is 663. The van der Waals surface area contributed by atoms with E-state index < -0.39 is 10.0 Å². The van der Waals surface area contributed by atoms with Crippen molar-refractivity contribution >= 4 is 48.6 Å². The molecule has 0 radical (unpaired) electrons. The molecule has 0 saturated carbocycles. The normalized spacial score (nSPS) is 21.0. The summed E-state index contributed by atoms with van der Waals surface area (Å²) >= 11 is 6.25. The maximum absolute atomic E-state index is 12.5. The molecule has 1 aliphatic heterocycles. The molecular weight excluding hydrogens is 366 g/mol. The molecule has 1 fully saturated rings. The zero-order valence-corrected chi connectivity index (χ0v) is 14.0. The second-order valence-corrected chi connectivity index (χ2v) is 9.87. The van der Waals surface area contributed by atoms with Crippen LogP contribution in [0.15, 0.2) is 37.0 Å². The SMILES string of the molecule is O=S(=O)(c1ccc(Br)s1)N1CCC(c2ccsc2)C1. The first kappa shape index (κ1) is 13.8. The molecule has 1 unspecified atom stereocenters. The maximum atomic E-state index is 12.5. The molecule has 0 aromatic carbocycles. The molecular formula is C12H12BrNO2S3. The van der Waals surface area contributed by atoms with Gasteiger partial charge in [0.15, 0.2) is 0 Å². The zero-order chi connectivity index (χ0) is 13.5. The Morgan fingerprint density at radius 1 is 1.32 bits per heavy atom. The van der Waals surface area contributed by atoms with Crippen LogP contribution >= 0.6 is 38.6 Å². The minimum absolute atomic E-state index is 0.337. The number of sulfonamides is 1. The lowest BCUT2D eigenvalue weighted by Crippen LogP contribution is -2.28. The first-order chi connectivity index (χ1) is 9.07. The van der Waals surface area contributed by atoms with Crippen LogP contribution in [0.3, 0.4) is 0 Å². The quantitative estimate of drug-likeness (QED) is 0.816. The molecule has 0 N–H and O–H groups in total. The van der Waals surface area contributed by atoms with E-state index in [2.05, 4.69) is 27.4 Å². The highest BCUT2D eigenvalue weighted by Crippen LogP contribution is 2.34. The average Bonchev–Trinajstić information content (AvgIpc) is 3.10. The van der Waals surface area contributed by atoms with Crippen LogP contribution in [0.25, 0.3) is 0 Å². The Morgan fingerprint density at radius 2 is 2.16 bits per heavy atom. The van der Waals surface area contributed by atoms with Gasteiger partial charge in [-0.3, -0.25) is 0 Å². The molecule has 3 rings (SSSR count). The van der Waals surface area contributed by atoms with Crippen LogP contribution < -0.4 is 0 Å². The lowest BCUT2D eigenvalue weighted by Gasteiger charge is -2.15. The van der Waals surface area contributed by atoms with Gasteiger partial charge in [0.25, 0.3) is 10.0 Å². The number of hydrogen-bond donors (Lipinski definition) is 0. The molecule has 3 heterocycles. The van der Waals surface area contributed by atoms with E-state index in [1.165, 1.54) is 16.9 Å². The van der Waals surface area contributed by atoms with Crippen molar-refractivity contribution in [1.82, 2.24) is 4.31 Å². The van der Waals surface area contributed by atoms with E-state index >= 15 is 0 Å². The summed E-state index contributed by atoms with van der Waals surface area (Å²) in [4.78, 5) is 0. The third-order valence-corrected chi connectivity index (χ3v) is 7.97. The topological polar surface area (TPSA) is 37.4 Å². The highest BCUT2D eigenvalue weighted by atomic mass is 79.9. The Kier molecular flexibility index (Phi) is 3.83. The third kappa shape index (κ3) is 2.67. The number of rotatable bonds is 3. The van der Waals surface area contributed by atoms with Crippen molar-refractivity contribution in [2.45, 2.75) is 16.5 Å². The van der Waals surface area contributed by atoms with Crippen LogP contribution in [0.1, 0.15) is 17.9 Å². The van der Waals surface area contributed by atoms with Gasteiger partial charge in [0.1, 0.15) is 4.21 Å².